The van der Waals surface area contributed by atoms with Crippen LogP contribution in [0.1, 0.15) is 10.4 Å². The fourth-order valence-corrected chi connectivity index (χ4v) is 3.43. The van der Waals surface area contributed by atoms with E-state index in [0.29, 0.717) is 23.1 Å². The first-order chi connectivity index (χ1) is 13.9. The molecule has 0 bridgehead atoms. The smallest absolute Gasteiger partial charge is 0.269 e. The SMILES string of the molecule is C=CCn1c(SCC(=O)c2ccc(O)cc2O)nnc1-c1ccc([N+](=O)[O-])cc1. The predicted octanol–water partition coefficient (Wildman–Crippen LogP) is 3.43. The Balaban J connectivity index is 1.82. The van der Waals surface area contributed by atoms with Gasteiger partial charge in [-0.15, -0.1) is 16.8 Å². The van der Waals surface area contributed by atoms with Crippen molar-refractivity contribution in [1.29, 1.82) is 0 Å². The van der Waals surface area contributed by atoms with Gasteiger partial charge in [0.25, 0.3) is 5.69 Å². The summed E-state index contributed by atoms with van der Waals surface area (Å²) in [4.78, 5) is 22.7. The normalized spacial score (nSPS) is 10.6. The summed E-state index contributed by atoms with van der Waals surface area (Å²) in [5, 5.41) is 38.7. The molecule has 0 saturated carbocycles. The fraction of sp³-hybridized carbons (Fsp3) is 0.105. The lowest BCUT2D eigenvalue weighted by atomic mass is 10.1. The maximum absolute atomic E-state index is 12.4. The molecule has 0 fully saturated rings. The predicted molar refractivity (Wildman–Crippen MR) is 107 cm³/mol. The zero-order chi connectivity index (χ0) is 21.0. The number of Topliss-reactive ketones (excluding diaryl/α,β-unsaturated/α-hetero) is 1. The number of carbonyl (C=O) groups excluding carboxylic acids is 1. The number of allylic oxidation sites excluding steroid dienone is 1. The summed E-state index contributed by atoms with van der Waals surface area (Å²) in [6.45, 7) is 4.09. The Morgan fingerprint density at radius 1 is 1.21 bits per heavy atom. The van der Waals surface area contributed by atoms with Crippen molar-refractivity contribution in [1.82, 2.24) is 14.8 Å². The Hall–Kier alpha value is -3.66. The minimum absolute atomic E-state index is 0.00608. The van der Waals surface area contributed by atoms with Crippen LogP contribution in [0.5, 0.6) is 11.5 Å². The highest BCUT2D eigenvalue weighted by molar-refractivity contribution is 7.99. The van der Waals surface area contributed by atoms with Gasteiger partial charge in [-0.1, -0.05) is 17.8 Å². The van der Waals surface area contributed by atoms with Crippen molar-refractivity contribution < 1.29 is 19.9 Å². The molecule has 0 spiro atoms. The third kappa shape index (κ3) is 4.43. The van der Waals surface area contributed by atoms with Crippen LogP contribution in [0.3, 0.4) is 0 Å². The van der Waals surface area contributed by atoms with Gasteiger partial charge in [0.15, 0.2) is 16.8 Å². The van der Waals surface area contributed by atoms with Crippen molar-refractivity contribution in [2.75, 3.05) is 5.75 Å². The molecular formula is C19H16N4O5S. The van der Waals surface area contributed by atoms with E-state index in [1.54, 1.807) is 22.8 Å². The second kappa shape index (κ2) is 8.57. The molecule has 0 aliphatic carbocycles. The molecule has 148 valence electrons. The van der Waals surface area contributed by atoms with Gasteiger partial charge in [-0.05, 0) is 24.3 Å². The number of phenols is 2. The zero-order valence-corrected chi connectivity index (χ0v) is 15.9. The number of aromatic hydroxyl groups is 2. The average molecular weight is 412 g/mol. The van der Waals surface area contributed by atoms with Crippen molar-refractivity contribution in [3.8, 4) is 22.9 Å². The van der Waals surface area contributed by atoms with Gasteiger partial charge >= 0.3 is 0 Å². The third-order valence-corrected chi connectivity index (χ3v) is 4.95. The number of carbonyl (C=O) groups is 1. The summed E-state index contributed by atoms with van der Waals surface area (Å²) in [5.74, 6) is -0.284. The Labute approximate surface area is 169 Å². The molecule has 0 radical (unpaired) electrons. The number of hydrogen-bond acceptors (Lipinski definition) is 8. The number of phenolic OH excluding ortho intramolecular Hbond substituents is 2. The van der Waals surface area contributed by atoms with Gasteiger partial charge in [-0.2, -0.15) is 0 Å². The molecule has 10 heteroatoms. The molecule has 0 aliphatic heterocycles. The summed E-state index contributed by atoms with van der Waals surface area (Å²) in [7, 11) is 0. The molecular weight excluding hydrogens is 396 g/mol. The van der Waals surface area contributed by atoms with Crippen molar-refractivity contribution in [3.63, 3.8) is 0 Å². The first-order valence-electron chi connectivity index (χ1n) is 8.37. The first-order valence-corrected chi connectivity index (χ1v) is 9.36. The maximum Gasteiger partial charge on any atom is 0.269 e. The molecule has 0 atom stereocenters. The van der Waals surface area contributed by atoms with Crippen LogP contribution in [0.15, 0.2) is 60.3 Å². The van der Waals surface area contributed by atoms with E-state index in [4.69, 9.17) is 0 Å². The number of nitro groups is 1. The second-order valence-corrected chi connectivity index (χ2v) is 6.87. The number of benzene rings is 2. The van der Waals surface area contributed by atoms with Crippen LogP contribution < -0.4 is 0 Å². The van der Waals surface area contributed by atoms with Crippen LogP contribution in [0.4, 0.5) is 5.69 Å². The number of ketones is 1. The quantitative estimate of drug-likeness (QED) is 0.189. The van der Waals surface area contributed by atoms with Crippen LogP contribution >= 0.6 is 11.8 Å². The molecule has 0 amide bonds. The summed E-state index contributed by atoms with van der Waals surface area (Å²) < 4.78 is 1.74. The van der Waals surface area contributed by atoms with E-state index < -0.39 is 4.92 Å². The highest BCUT2D eigenvalue weighted by atomic mass is 32.2. The molecule has 1 aromatic heterocycles. The first kappa shape index (κ1) is 20.1. The van der Waals surface area contributed by atoms with E-state index >= 15 is 0 Å². The van der Waals surface area contributed by atoms with Crippen LogP contribution in [0.2, 0.25) is 0 Å². The lowest BCUT2D eigenvalue weighted by molar-refractivity contribution is -0.384. The minimum Gasteiger partial charge on any atom is -0.508 e. The molecule has 3 aromatic rings. The highest BCUT2D eigenvalue weighted by Crippen LogP contribution is 2.28. The molecule has 0 saturated heterocycles. The Morgan fingerprint density at radius 2 is 1.93 bits per heavy atom. The molecule has 0 unspecified atom stereocenters. The third-order valence-electron chi connectivity index (χ3n) is 3.98. The van der Waals surface area contributed by atoms with E-state index in [-0.39, 0.29) is 34.3 Å². The summed E-state index contributed by atoms with van der Waals surface area (Å²) >= 11 is 1.14. The van der Waals surface area contributed by atoms with Crippen molar-refractivity contribution in [3.05, 3.63) is 70.8 Å². The standard InChI is InChI=1S/C19H16N4O5S/c1-2-9-22-18(12-3-5-13(6-4-12)23(27)28)20-21-19(22)29-11-17(26)15-8-7-14(24)10-16(15)25/h2-8,10,24-25H,1,9,11H2. The number of rotatable bonds is 8. The van der Waals surface area contributed by atoms with Crippen molar-refractivity contribution >= 4 is 23.2 Å². The molecule has 2 aromatic carbocycles. The molecule has 9 nitrogen and oxygen atoms in total. The van der Waals surface area contributed by atoms with E-state index in [9.17, 15) is 25.1 Å². The van der Waals surface area contributed by atoms with Crippen LogP contribution in [0, 0.1) is 10.1 Å². The highest BCUT2D eigenvalue weighted by Gasteiger charge is 2.18. The Morgan fingerprint density at radius 3 is 2.55 bits per heavy atom. The van der Waals surface area contributed by atoms with Gasteiger partial charge < -0.3 is 10.2 Å². The van der Waals surface area contributed by atoms with Gasteiger partial charge in [0.1, 0.15) is 11.5 Å². The van der Waals surface area contributed by atoms with Crippen LogP contribution in [0.25, 0.3) is 11.4 Å². The topological polar surface area (TPSA) is 131 Å². The van der Waals surface area contributed by atoms with E-state index in [2.05, 4.69) is 16.8 Å². The maximum atomic E-state index is 12.4. The molecule has 29 heavy (non-hydrogen) atoms. The largest absolute Gasteiger partial charge is 0.508 e. The summed E-state index contributed by atoms with van der Waals surface area (Å²) in [6.07, 6.45) is 1.65. The summed E-state index contributed by atoms with van der Waals surface area (Å²) in [6, 6.07) is 9.70. The molecule has 1 heterocycles. The van der Waals surface area contributed by atoms with E-state index in [0.717, 1.165) is 17.8 Å². The van der Waals surface area contributed by atoms with E-state index in [1.165, 1.54) is 24.3 Å². The van der Waals surface area contributed by atoms with Gasteiger partial charge in [0.05, 0.1) is 16.2 Å². The zero-order valence-electron chi connectivity index (χ0n) is 15.1. The molecule has 3 rings (SSSR count). The van der Waals surface area contributed by atoms with Gasteiger partial charge in [0, 0.05) is 30.3 Å². The van der Waals surface area contributed by atoms with Crippen molar-refractivity contribution in [2.24, 2.45) is 0 Å². The number of nitrogens with zero attached hydrogens (tertiary/aromatic N) is 4. The second-order valence-electron chi connectivity index (χ2n) is 5.92. The molecule has 0 aliphatic rings. The van der Waals surface area contributed by atoms with Gasteiger partial charge in [0.2, 0.25) is 0 Å². The van der Waals surface area contributed by atoms with Crippen molar-refractivity contribution in [2.45, 2.75) is 11.7 Å². The number of hydrogen-bond donors (Lipinski definition) is 2. The van der Waals surface area contributed by atoms with Crippen LogP contribution in [-0.2, 0) is 6.54 Å². The van der Waals surface area contributed by atoms with Gasteiger partial charge in [-0.3, -0.25) is 19.5 Å². The number of non-ortho nitro benzene ring substituents is 1. The average Bonchev–Trinajstić information content (AvgIpc) is 3.09. The number of nitro benzene ring substituents is 1. The van der Waals surface area contributed by atoms with E-state index in [1.807, 2.05) is 0 Å². The number of aromatic nitrogens is 3. The minimum atomic E-state index is -0.482. The number of thioether (sulfide) groups is 1. The lowest BCUT2D eigenvalue weighted by Crippen LogP contribution is -2.05. The monoisotopic (exact) mass is 412 g/mol. The lowest BCUT2D eigenvalue weighted by Gasteiger charge is -2.08. The van der Waals surface area contributed by atoms with Gasteiger partial charge in [-0.25, -0.2) is 0 Å². The Kier molecular flexibility index (Phi) is 5.93. The Bertz CT molecular complexity index is 1080. The van der Waals surface area contributed by atoms with Crippen LogP contribution in [-0.4, -0.2) is 41.4 Å². The fourth-order valence-electron chi connectivity index (χ4n) is 2.60. The molecule has 2 N–H and O–H groups in total. The summed E-state index contributed by atoms with van der Waals surface area (Å²) in [5.41, 5.74) is 0.706.